The summed E-state index contributed by atoms with van der Waals surface area (Å²) in [5.41, 5.74) is 0.795. The number of nitrogens with one attached hydrogen (secondary N) is 1. The van der Waals surface area contributed by atoms with Gasteiger partial charge in [0.15, 0.2) is 11.5 Å². The minimum Gasteiger partial charge on any atom is -0.490 e. The maximum absolute atomic E-state index is 12.7. The van der Waals surface area contributed by atoms with Gasteiger partial charge in [0, 0.05) is 10.0 Å². The lowest BCUT2D eigenvalue weighted by Gasteiger charge is -2.14. The lowest BCUT2D eigenvalue weighted by molar-refractivity contribution is 0.0697. The Morgan fingerprint density at radius 2 is 1.80 bits per heavy atom. The molecular formula is C25H20BrN3O6. The Morgan fingerprint density at radius 3 is 2.51 bits per heavy atom. The highest BCUT2D eigenvalue weighted by Gasteiger charge is 2.12. The summed E-state index contributed by atoms with van der Waals surface area (Å²) in [6.45, 7) is 2.41. The summed E-state index contributed by atoms with van der Waals surface area (Å²) >= 11 is 3.47. The smallest absolute Gasteiger partial charge is 0.349 e. The third kappa shape index (κ3) is 5.33. The summed E-state index contributed by atoms with van der Waals surface area (Å²) in [5, 5.41) is 13.5. The molecule has 9 nitrogen and oxygen atoms in total. The van der Waals surface area contributed by atoms with Crippen LogP contribution in [-0.4, -0.2) is 33.6 Å². The number of carboxylic acid groups (broad SMARTS) is 1. The number of hydrogen-bond donors (Lipinski definition) is 2. The van der Waals surface area contributed by atoms with Gasteiger partial charge >= 0.3 is 11.7 Å². The number of rotatable bonds is 8. The highest BCUT2D eigenvalue weighted by Crippen LogP contribution is 2.34. The Morgan fingerprint density at radius 1 is 1.09 bits per heavy atom. The number of aromatic amines is 1. The zero-order valence-corrected chi connectivity index (χ0v) is 20.1. The SMILES string of the molecule is CCOc1cc(C=Nn2c(=O)[nH]c3ccccc3c2=O)c(Br)cc1OCc1ccc(C(=O)O)cc1. The van der Waals surface area contributed by atoms with E-state index in [2.05, 4.69) is 26.0 Å². The normalized spacial score (nSPS) is 11.1. The molecule has 0 saturated carbocycles. The van der Waals surface area contributed by atoms with Crippen LogP contribution in [0.1, 0.15) is 28.4 Å². The van der Waals surface area contributed by atoms with E-state index < -0.39 is 17.2 Å². The average molecular weight is 538 g/mol. The van der Waals surface area contributed by atoms with Gasteiger partial charge in [-0.3, -0.25) is 4.79 Å². The molecule has 2 N–H and O–H groups in total. The number of nitrogens with zero attached hydrogens (tertiary/aromatic N) is 2. The molecule has 10 heteroatoms. The number of carbonyl (C=O) groups is 1. The van der Waals surface area contributed by atoms with E-state index in [0.717, 1.165) is 10.2 Å². The fourth-order valence-corrected chi connectivity index (χ4v) is 3.74. The Kier molecular flexibility index (Phi) is 7.11. The molecule has 4 aromatic rings. The van der Waals surface area contributed by atoms with Crippen LogP contribution in [-0.2, 0) is 6.61 Å². The van der Waals surface area contributed by atoms with Crippen molar-refractivity contribution in [1.29, 1.82) is 0 Å². The molecule has 0 fully saturated rings. The molecule has 0 aliphatic heterocycles. The van der Waals surface area contributed by atoms with E-state index in [1.54, 1.807) is 48.5 Å². The van der Waals surface area contributed by atoms with Gasteiger partial charge in [0.25, 0.3) is 5.56 Å². The lowest BCUT2D eigenvalue weighted by atomic mass is 10.1. The summed E-state index contributed by atoms with van der Waals surface area (Å²) < 4.78 is 13.0. The maximum Gasteiger partial charge on any atom is 0.349 e. The predicted molar refractivity (Wildman–Crippen MR) is 135 cm³/mol. The molecule has 35 heavy (non-hydrogen) atoms. The number of para-hydroxylation sites is 1. The first-order chi connectivity index (χ1) is 16.9. The van der Waals surface area contributed by atoms with Crippen molar-refractivity contribution in [2.75, 3.05) is 6.61 Å². The summed E-state index contributed by atoms with van der Waals surface area (Å²) in [6, 6.07) is 16.5. The molecule has 0 aliphatic carbocycles. The van der Waals surface area contributed by atoms with Crippen molar-refractivity contribution in [3.8, 4) is 11.5 Å². The molecule has 0 bridgehead atoms. The fourth-order valence-electron chi connectivity index (χ4n) is 3.31. The summed E-state index contributed by atoms with van der Waals surface area (Å²) in [5.74, 6) is -0.0943. The maximum atomic E-state index is 12.7. The van der Waals surface area contributed by atoms with Crippen LogP contribution in [0.25, 0.3) is 10.9 Å². The zero-order valence-electron chi connectivity index (χ0n) is 18.5. The molecule has 0 atom stereocenters. The van der Waals surface area contributed by atoms with Crippen LogP contribution in [0, 0.1) is 0 Å². The third-order valence-electron chi connectivity index (χ3n) is 5.05. The number of ether oxygens (including phenoxy) is 2. The molecule has 0 amide bonds. The molecular weight excluding hydrogens is 518 g/mol. The molecule has 1 heterocycles. The minimum atomic E-state index is -0.995. The Balaban J connectivity index is 1.61. The molecule has 4 rings (SSSR count). The fraction of sp³-hybridized carbons (Fsp3) is 0.120. The molecule has 0 unspecified atom stereocenters. The molecule has 0 spiro atoms. The van der Waals surface area contributed by atoms with Crippen molar-refractivity contribution in [2.24, 2.45) is 5.10 Å². The summed E-state index contributed by atoms with van der Waals surface area (Å²) in [6.07, 6.45) is 1.38. The van der Waals surface area contributed by atoms with Crippen molar-refractivity contribution in [3.63, 3.8) is 0 Å². The van der Waals surface area contributed by atoms with Crippen molar-refractivity contribution >= 4 is 39.0 Å². The van der Waals surface area contributed by atoms with E-state index >= 15 is 0 Å². The average Bonchev–Trinajstić information content (AvgIpc) is 2.85. The van der Waals surface area contributed by atoms with Crippen LogP contribution in [0.3, 0.4) is 0 Å². The summed E-state index contributed by atoms with van der Waals surface area (Å²) in [7, 11) is 0. The van der Waals surface area contributed by atoms with Gasteiger partial charge in [0.05, 0.1) is 29.3 Å². The Hall–Kier alpha value is -4.18. The van der Waals surface area contributed by atoms with Crippen LogP contribution in [0.4, 0.5) is 0 Å². The van der Waals surface area contributed by atoms with Gasteiger partial charge in [-0.25, -0.2) is 9.59 Å². The summed E-state index contributed by atoms with van der Waals surface area (Å²) in [4.78, 5) is 38.7. The van der Waals surface area contributed by atoms with E-state index in [4.69, 9.17) is 14.6 Å². The van der Waals surface area contributed by atoms with Gasteiger partial charge in [0.1, 0.15) is 6.61 Å². The highest BCUT2D eigenvalue weighted by molar-refractivity contribution is 9.10. The lowest BCUT2D eigenvalue weighted by Crippen LogP contribution is -2.32. The molecule has 0 saturated heterocycles. The van der Waals surface area contributed by atoms with Crippen LogP contribution >= 0.6 is 15.9 Å². The second-order valence-corrected chi connectivity index (χ2v) is 8.24. The van der Waals surface area contributed by atoms with Crippen LogP contribution in [0.2, 0.25) is 0 Å². The van der Waals surface area contributed by atoms with E-state index in [0.29, 0.717) is 39.0 Å². The van der Waals surface area contributed by atoms with Crippen molar-refractivity contribution in [2.45, 2.75) is 13.5 Å². The van der Waals surface area contributed by atoms with Gasteiger partial charge in [-0.05, 0) is 64.8 Å². The first kappa shape index (κ1) is 24.0. The quantitative estimate of drug-likeness (QED) is 0.327. The minimum absolute atomic E-state index is 0.194. The zero-order chi connectivity index (χ0) is 24.9. The topological polar surface area (TPSA) is 123 Å². The second kappa shape index (κ2) is 10.4. The molecule has 1 aromatic heterocycles. The van der Waals surface area contributed by atoms with Crippen LogP contribution in [0.15, 0.2) is 79.8 Å². The van der Waals surface area contributed by atoms with Crippen molar-refractivity contribution in [3.05, 3.63) is 103 Å². The third-order valence-corrected chi connectivity index (χ3v) is 5.74. The number of H-pyrrole nitrogens is 1. The number of halogens is 1. The van der Waals surface area contributed by atoms with Crippen LogP contribution in [0.5, 0.6) is 11.5 Å². The second-order valence-electron chi connectivity index (χ2n) is 7.38. The highest BCUT2D eigenvalue weighted by atomic mass is 79.9. The number of aromatic carboxylic acids is 1. The number of carboxylic acids is 1. The predicted octanol–water partition coefficient (Wildman–Crippen LogP) is 4.01. The first-order valence-corrected chi connectivity index (χ1v) is 11.4. The number of hydrogen-bond acceptors (Lipinski definition) is 6. The van der Waals surface area contributed by atoms with E-state index in [-0.39, 0.29) is 12.2 Å². The van der Waals surface area contributed by atoms with Crippen LogP contribution < -0.4 is 20.7 Å². The number of aromatic nitrogens is 2. The van der Waals surface area contributed by atoms with Crippen molar-refractivity contribution < 1.29 is 19.4 Å². The largest absolute Gasteiger partial charge is 0.490 e. The monoisotopic (exact) mass is 537 g/mol. The van der Waals surface area contributed by atoms with Crippen molar-refractivity contribution in [1.82, 2.24) is 9.66 Å². The van der Waals surface area contributed by atoms with Gasteiger partial charge < -0.3 is 19.6 Å². The first-order valence-electron chi connectivity index (χ1n) is 10.6. The molecule has 178 valence electrons. The van der Waals surface area contributed by atoms with E-state index in [1.165, 1.54) is 18.3 Å². The Bertz CT molecular complexity index is 1540. The van der Waals surface area contributed by atoms with E-state index in [1.807, 2.05) is 6.92 Å². The molecule has 0 aliphatic rings. The number of benzene rings is 3. The van der Waals surface area contributed by atoms with Gasteiger partial charge in [-0.1, -0.05) is 24.3 Å². The molecule has 3 aromatic carbocycles. The number of fused-ring (bicyclic) bond motifs is 1. The van der Waals surface area contributed by atoms with E-state index in [9.17, 15) is 14.4 Å². The Labute approximate surface area is 207 Å². The van der Waals surface area contributed by atoms with Gasteiger partial charge in [-0.15, -0.1) is 4.68 Å². The van der Waals surface area contributed by atoms with Gasteiger partial charge in [0.2, 0.25) is 0 Å². The molecule has 0 radical (unpaired) electrons. The van der Waals surface area contributed by atoms with Gasteiger partial charge in [-0.2, -0.15) is 5.10 Å². The standard InChI is InChI=1S/C25H20BrN3O6/c1-2-34-21-11-17(13-27-29-23(30)18-5-3-4-6-20(18)28-25(29)33)19(26)12-22(21)35-14-15-7-9-16(10-8-15)24(31)32/h3-13H,2,14H2,1H3,(H,28,33)(H,31,32).